The van der Waals surface area contributed by atoms with E-state index >= 15 is 0 Å². The Hall–Kier alpha value is -7.48. The van der Waals surface area contributed by atoms with Crippen molar-refractivity contribution in [3.05, 3.63) is 281 Å². The summed E-state index contributed by atoms with van der Waals surface area (Å²) >= 11 is 0. The molecule has 1 fully saturated rings. The molecule has 0 aliphatic heterocycles. The van der Waals surface area contributed by atoms with E-state index < -0.39 is 5.41 Å². The second-order valence-corrected chi connectivity index (χ2v) is 19.8. The average molecular weight is 890 g/mol. The molecule has 4 aliphatic carbocycles. The summed E-state index contributed by atoms with van der Waals surface area (Å²) in [5.74, 6) is 0.963. The Balaban J connectivity index is 1.14. The fourth-order valence-corrected chi connectivity index (χ4v) is 12.8. The number of fused-ring (bicyclic) bond motifs is 3. The van der Waals surface area contributed by atoms with Crippen LogP contribution >= 0.6 is 0 Å². The molecule has 12 rings (SSSR count). The van der Waals surface area contributed by atoms with Crippen LogP contribution in [0.25, 0.3) is 38.6 Å². The average Bonchev–Trinajstić information content (AvgIpc) is 3.62. The standard InChI is InChI=1S/C68H59N/c1-47-23-20-42-63(64(47)60-39-19-24-48(2)67-66(60)59-36-15-17-40-61(59)68(67,53-31-11-5-12-32-53)54-33-13-6-14-34-54)69(55-45-43-50(44-46-55)49-25-7-3-8-26-49)62-41-18-16-35-57(62)58-38-22-30-52-29-21-37-56(65(52)58)51-27-9-4-10-28-51/h3,5-8,11-22,24-26,29-48,51H,4,9-10,23,27-28H2,1-2H3/t47?,48-/m0/s1. The number of nitrogens with zero attached hydrogens (tertiary/aromatic N) is 1. The summed E-state index contributed by atoms with van der Waals surface area (Å²) in [5.41, 5.74) is 20.3. The van der Waals surface area contributed by atoms with Crippen LogP contribution in [0.5, 0.6) is 0 Å². The largest absolute Gasteiger partial charge is 0.310 e. The topological polar surface area (TPSA) is 3.24 Å². The van der Waals surface area contributed by atoms with E-state index in [0.29, 0.717) is 5.92 Å². The van der Waals surface area contributed by atoms with E-state index in [4.69, 9.17) is 0 Å². The summed E-state index contributed by atoms with van der Waals surface area (Å²) in [7, 11) is 0. The van der Waals surface area contributed by atoms with Crippen LogP contribution in [0, 0.1) is 11.8 Å². The molecule has 1 saturated carbocycles. The highest BCUT2D eigenvalue weighted by Crippen LogP contribution is 2.61. The summed E-state index contributed by atoms with van der Waals surface area (Å²) in [6.07, 6.45) is 19.5. The van der Waals surface area contributed by atoms with Crippen LogP contribution in [-0.4, -0.2) is 0 Å². The van der Waals surface area contributed by atoms with Gasteiger partial charge in [-0.25, -0.2) is 0 Å². The van der Waals surface area contributed by atoms with Crippen molar-refractivity contribution in [2.45, 2.75) is 63.7 Å². The lowest BCUT2D eigenvalue weighted by atomic mass is 9.64. The van der Waals surface area contributed by atoms with Crippen LogP contribution in [0.2, 0.25) is 0 Å². The van der Waals surface area contributed by atoms with Gasteiger partial charge in [-0.3, -0.25) is 0 Å². The predicted molar refractivity (Wildman–Crippen MR) is 292 cm³/mol. The highest BCUT2D eigenvalue weighted by Gasteiger charge is 2.50. The van der Waals surface area contributed by atoms with E-state index in [2.05, 4.69) is 249 Å². The third-order valence-corrected chi connectivity index (χ3v) is 15.8. The van der Waals surface area contributed by atoms with Gasteiger partial charge in [0, 0.05) is 16.9 Å². The molecule has 0 spiro atoms. The van der Waals surface area contributed by atoms with Gasteiger partial charge in [0.05, 0.1) is 11.1 Å². The molecule has 336 valence electrons. The zero-order valence-corrected chi connectivity index (χ0v) is 39.9. The summed E-state index contributed by atoms with van der Waals surface area (Å²) in [6.45, 7) is 4.86. The summed E-state index contributed by atoms with van der Waals surface area (Å²) in [4.78, 5) is 2.61. The van der Waals surface area contributed by atoms with Crippen LogP contribution in [0.1, 0.15) is 86.1 Å². The Morgan fingerprint density at radius 3 is 1.87 bits per heavy atom. The first-order chi connectivity index (χ1) is 34.1. The summed E-state index contributed by atoms with van der Waals surface area (Å²) < 4.78 is 0. The molecule has 0 aromatic heterocycles. The van der Waals surface area contributed by atoms with E-state index in [1.165, 1.54) is 127 Å². The Kier molecular flexibility index (Phi) is 11.3. The third-order valence-electron chi connectivity index (χ3n) is 15.8. The molecule has 69 heavy (non-hydrogen) atoms. The molecular weight excluding hydrogens is 831 g/mol. The second-order valence-electron chi connectivity index (χ2n) is 19.8. The van der Waals surface area contributed by atoms with Crippen LogP contribution in [0.15, 0.2) is 253 Å². The molecule has 1 unspecified atom stereocenters. The van der Waals surface area contributed by atoms with E-state index in [9.17, 15) is 0 Å². The van der Waals surface area contributed by atoms with Crippen molar-refractivity contribution in [1.82, 2.24) is 0 Å². The molecule has 0 amide bonds. The number of hydrogen-bond donors (Lipinski definition) is 0. The van der Waals surface area contributed by atoms with Gasteiger partial charge in [0.15, 0.2) is 0 Å². The lowest BCUT2D eigenvalue weighted by Crippen LogP contribution is -2.32. The number of anilines is 2. The smallest absolute Gasteiger partial charge is 0.0682 e. The van der Waals surface area contributed by atoms with Gasteiger partial charge in [-0.1, -0.05) is 239 Å². The zero-order valence-electron chi connectivity index (χ0n) is 39.9. The van der Waals surface area contributed by atoms with Crippen LogP contribution in [-0.2, 0) is 5.41 Å². The molecule has 8 aromatic rings. The van der Waals surface area contributed by atoms with Gasteiger partial charge in [-0.05, 0) is 139 Å². The van der Waals surface area contributed by atoms with Gasteiger partial charge in [0.1, 0.15) is 0 Å². The Bertz CT molecular complexity index is 3290. The molecule has 0 heterocycles. The quantitative estimate of drug-likeness (QED) is 0.140. The van der Waals surface area contributed by atoms with Crippen LogP contribution in [0.4, 0.5) is 11.4 Å². The number of allylic oxidation sites excluding steroid dienone is 9. The fourth-order valence-electron chi connectivity index (χ4n) is 12.8. The molecule has 0 bridgehead atoms. The number of hydrogen-bond acceptors (Lipinski definition) is 1. The van der Waals surface area contributed by atoms with Crippen molar-refractivity contribution >= 4 is 27.7 Å². The minimum absolute atomic E-state index is 0.159. The van der Waals surface area contributed by atoms with Crippen molar-refractivity contribution < 1.29 is 0 Å². The van der Waals surface area contributed by atoms with E-state index in [1.807, 2.05) is 0 Å². The lowest BCUT2D eigenvalue weighted by Gasteiger charge is -2.38. The molecule has 1 heteroatoms. The third kappa shape index (κ3) is 7.30. The van der Waals surface area contributed by atoms with Crippen molar-refractivity contribution in [1.29, 1.82) is 0 Å². The van der Waals surface area contributed by atoms with Gasteiger partial charge in [-0.2, -0.15) is 0 Å². The van der Waals surface area contributed by atoms with Crippen molar-refractivity contribution in [2.24, 2.45) is 11.8 Å². The maximum atomic E-state index is 2.61. The van der Waals surface area contributed by atoms with Crippen LogP contribution < -0.4 is 4.90 Å². The number of benzene rings is 8. The lowest BCUT2D eigenvalue weighted by molar-refractivity contribution is 0.445. The molecular formula is C68H59N. The van der Waals surface area contributed by atoms with E-state index in [1.54, 1.807) is 0 Å². The molecule has 0 N–H and O–H groups in total. The molecule has 4 aliphatic rings. The van der Waals surface area contributed by atoms with Gasteiger partial charge in [0.25, 0.3) is 0 Å². The minimum Gasteiger partial charge on any atom is -0.310 e. The Morgan fingerprint density at radius 1 is 0.536 bits per heavy atom. The maximum absolute atomic E-state index is 2.61. The first kappa shape index (κ1) is 42.8. The monoisotopic (exact) mass is 889 g/mol. The zero-order chi connectivity index (χ0) is 46.3. The van der Waals surface area contributed by atoms with Gasteiger partial charge < -0.3 is 4.90 Å². The van der Waals surface area contributed by atoms with Gasteiger partial charge in [0.2, 0.25) is 0 Å². The first-order valence-electron chi connectivity index (χ1n) is 25.4. The predicted octanol–water partition coefficient (Wildman–Crippen LogP) is 18.1. The van der Waals surface area contributed by atoms with Crippen LogP contribution in [0.3, 0.4) is 0 Å². The minimum atomic E-state index is -0.486. The molecule has 2 atom stereocenters. The fraction of sp³-hybridized carbons (Fsp3) is 0.176. The highest BCUT2D eigenvalue weighted by atomic mass is 15.2. The molecule has 8 aromatic carbocycles. The number of para-hydroxylation sites is 1. The van der Waals surface area contributed by atoms with Crippen molar-refractivity contribution in [2.75, 3.05) is 4.90 Å². The molecule has 0 radical (unpaired) electrons. The maximum Gasteiger partial charge on any atom is 0.0682 e. The summed E-state index contributed by atoms with van der Waals surface area (Å²) in [6, 6.07) is 75.2. The Labute approximate surface area is 409 Å². The van der Waals surface area contributed by atoms with E-state index in [0.717, 1.165) is 12.1 Å². The normalized spacial score (nSPS) is 18.7. The summed E-state index contributed by atoms with van der Waals surface area (Å²) in [5, 5.41) is 2.72. The van der Waals surface area contributed by atoms with Gasteiger partial charge in [-0.15, -0.1) is 0 Å². The Morgan fingerprint density at radius 2 is 1.14 bits per heavy atom. The highest BCUT2D eigenvalue weighted by molar-refractivity contribution is 6.03. The van der Waals surface area contributed by atoms with Crippen molar-refractivity contribution in [3.8, 4) is 22.3 Å². The SMILES string of the molecule is CC1CC=CC(N(c2ccc(-c3ccccc3)cc2)c2ccccc2-c2cccc3cccc(C4CCCCC4)c23)=C1C1=CC=C[C@H](C)C2=C1c1ccccc1C2(c1ccccc1)c1ccccc1. The molecule has 1 nitrogen and oxygen atoms in total. The number of rotatable bonds is 9. The van der Waals surface area contributed by atoms with Crippen molar-refractivity contribution in [3.63, 3.8) is 0 Å². The second kappa shape index (κ2) is 18.2. The first-order valence-corrected chi connectivity index (χ1v) is 25.4. The van der Waals surface area contributed by atoms with E-state index in [-0.39, 0.29) is 11.8 Å². The molecule has 0 saturated heterocycles. The van der Waals surface area contributed by atoms with Gasteiger partial charge >= 0.3 is 0 Å².